The molecule has 0 spiro atoms. The van der Waals surface area contributed by atoms with Crippen molar-refractivity contribution in [3.63, 3.8) is 0 Å². The molecule has 0 amide bonds. The lowest BCUT2D eigenvalue weighted by atomic mass is 9.94. The molecule has 0 rings (SSSR count). The first-order valence-corrected chi connectivity index (χ1v) is 16.6. The first-order chi connectivity index (χ1) is 21.4. The molecule has 0 N–H and O–H groups in total. The predicted octanol–water partition coefficient (Wildman–Crippen LogP) is 11.2. The zero-order valence-corrected chi connectivity index (χ0v) is 32.5. The molecule has 0 heterocycles. The van der Waals surface area contributed by atoms with Crippen LogP contribution < -0.4 is 0 Å². The first-order valence-electron chi connectivity index (χ1n) is 16.6. The smallest absolute Gasteiger partial charge is 0.333 e. The second-order valence-corrected chi connectivity index (χ2v) is 10.2. The molecule has 48 heavy (non-hydrogen) atoms. The first kappa shape index (κ1) is 63.5. The van der Waals surface area contributed by atoms with Crippen LogP contribution in [0.4, 0.5) is 0 Å². The van der Waals surface area contributed by atoms with Crippen LogP contribution in [0.5, 0.6) is 0 Å². The Morgan fingerprint density at radius 1 is 0.500 bits per heavy atom. The highest BCUT2D eigenvalue weighted by molar-refractivity contribution is 5.87. The number of esters is 4. The summed E-state index contributed by atoms with van der Waals surface area (Å²) in [6.45, 7) is 39.2. The average molecular weight is 689 g/mol. The van der Waals surface area contributed by atoms with Crippen molar-refractivity contribution in [1.29, 1.82) is 0 Å². The van der Waals surface area contributed by atoms with Crippen LogP contribution in [-0.4, -0.2) is 50.3 Å². The zero-order chi connectivity index (χ0) is 37.7. The SMILES string of the molecule is C.C.C/C=C\C.C/C=C\C.C=C(C)C(=O)OCC.C=C(C)C(=O)OCC.CCOC(=O)C(C)C(C)CC.CCOC(=O)C(C)C(C)CC. The van der Waals surface area contributed by atoms with Gasteiger partial charge in [0.05, 0.1) is 38.3 Å². The monoisotopic (exact) mass is 689 g/mol. The van der Waals surface area contributed by atoms with Crippen LogP contribution in [0, 0.1) is 23.7 Å². The van der Waals surface area contributed by atoms with Crippen LogP contribution in [0.2, 0.25) is 0 Å². The summed E-state index contributed by atoms with van der Waals surface area (Å²) >= 11 is 0. The molecular formula is C40H80O8. The van der Waals surface area contributed by atoms with E-state index in [9.17, 15) is 19.2 Å². The van der Waals surface area contributed by atoms with Crippen molar-refractivity contribution in [2.45, 2.75) is 138 Å². The number of hydrogen-bond donors (Lipinski definition) is 0. The van der Waals surface area contributed by atoms with Crippen molar-refractivity contribution >= 4 is 23.9 Å². The minimum Gasteiger partial charge on any atom is -0.466 e. The van der Waals surface area contributed by atoms with Crippen LogP contribution in [0.1, 0.15) is 138 Å². The maximum Gasteiger partial charge on any atom is 0.333 e. The van der Waals surface area contributed by atoms with Gasteiger partial charge in [-0.2, -0.15) is 0 Å². The van der Waals surface area contributed by atoms with Gasteiger partial charge in [-0.05, 0) is 81.1 Å². The largest absolute Gasteiger partial charge is 0.466 e. The molecular weight excluding hydrogens is 608 g/mol. The Morgan fingerprint density at radius 2 is 0.708 bits per heavy atom. The lowest BCUT2D eigenvalue weighted by Gasteiger charge is -2.15. The second-order valence-electron chi connectivity index (χ2n) is 10.2. The van der Waals surface area contributed by atoms with Crippen LogP contribution in [0.3, 0.4) is 0 Å². The number of hydrogen-bond acceptors (Lipinski definition) is 8. The van der Waals surface area contributed by atoms with Crippen molar-refractivity contribution in [1.82, 2.24) is 0 Å². The predicted molar refractivity (Wildman–Crippen MR) is 208 cm³/mol. The van der Waals surface area contributed by atoms with Crippen LogP contribution >= 0.6 is 0 Å². The van der Waals surface area contributed by atoms with E-state index in [-0.39, 0.29) is 50.6 Å². The summed E-state index contributed by atoms with van der Waals surface area (Å²) in [7, 11) is 0. The fourth-order valence-electron chi connectivity index (χ4n) is 2.23. The summed E-state index contributed by atoms with van der Waals surface area (Å²) in [5.74, 6) is 0.173. The molecule has 0 radical (unpaired) electrons. The van der Waals surface area contributed by atoms with E-state index in [0.29, 0.717) is 49.4 Å². The summed E-state index contributed by atoms with van der Waals surface area (Å²) in [5.41, 5.74) is 0.902. The standard InChI is InChI=1S/2C9H18O2.2C6H10O2.2C4H8.2CH4/c2*1-5-7(3)8(4)9(10)11-6-2;2*1-4-8-6(7)5(2)3;2*1-3-4-2;;/h2*7-8H,5-6H2,1-4H3;2*2,4H2,1,3H3;2*3-4H,1-2H3;2*1H4/b;;;;2*4-3-;;. The molecule has 0 aliphatic carbocycles. The van der Waals surface area contributed by atoms with E-state index in [2.05, 4.69) is 50.3 Å². The highest BCUT2D eigenvalue weighted by Gasteiger charge is 2.20. The maximum absolute atomic E-state index is 11.1. The normalized spacial score (nSPS) is 11.5. The fourth-order valence-corrected chi connectivity index (χ4v) is 2.23. The van der Waals surface area contributed by atoms with Gasteiger partial charge in [-0.1, -0.05) is 107 Å². The molecule has 288 valence electrons. The summed E-state index contributed by atoms with van der Waals surface area (Å²) in [6.07, 6.45) is 10.1. The topological polar surface area (TPSA) is 105 Å². The van der Waals surface area contributed by atoms with E-state index < -0.39 is 0 Å². The van der Waals surface area contributed by atoms with Crippen LogP contribution in [0.25, 0.3) is 0 Å². The molecule has 0 saturated heterocycles. The van der Waals surface area contributed by atoms with Gasteiger partial charge in [0.1, 0.15) is 0 Å². The van der Waals surface area contributed by atoms with Crippen molar-refractivity contribution in [3.8, 4) is 0 Å². The van der Waals surface area contributed by atoms with Crippen molar-refractivity contribution < 1.29 is 38.1 Å². The van der Waals surface area contributed by atoms with E-state index in [1.54, 1.807) is 27.7 Å². The third-order valence-corrected chi connectivity index (χ3v) is 6.23. The molecule has 0 aromatic heterocycles. The minimum atomic E-state index is -0.312. The Labute approximate surface area is 298 Å². The molecule has 0 fully saturated rings. The van der Waals surface area contributed by atoms with Crippen molar-refractivity contribution in [3.05, 3.63) is 48.6 Å². The van der Waals surface area contributed by atoms with Crippen molar-refractivity contribution in [2.24, 2.45) is 23.7 Å². The molecule has 0 aliphatic rings. The molecule has 0 bridgehead atoms. The highest BCUT2D eigenvalue weighted by Crippen LogP contribution is 2.16. The van der Waals surface area contributed by atoms with Crippen LogP contribution in [-0.2, 0) is 38.1 Å². The van der Waals surface area contributed by atoms with E-state index >= 15 is 0 Å². The van der Waals surface area contributed by atoms with E-state index in [1.807, 2.05) is 79.7 Å². The molecule has 0 saturated carbocycles. The minimum absolute atomic E-state index is 0. The summed E-state index contributed by atoms with van der Waals surface area (Å²) in [6, 6.07) is 0. The van der Waals surface area contributed by atoms with Gasteiger partial charge in [0, 0.05) is 11.1 Å². The zero-order valence-electron chi connectivity index (χ0n) is 32.5. The Bertz CT molecular complexity index is 751. The Hall–Kier alpha value is -3.16. The molecule has 8 heteroatoms. The van der Waals surface area contributed by atoms with Gasteiger partial charge < -0.3 is 18.9 Å². The van der Waals surface area contributed by atoms with E-state index in [4.69, 9.17) is 9.47 Å². The molecule has 4 atom stereocenters. The van der Waals surface area contributed by atoms with Gasteiger partial charge >= 0.3 is 23.9 Å². The number of allylic oxidation sites excluding steroid dienone is 4. The Balaban J connectivity index is -0.0000000685. The number of carbonyl (C=O) groups is 4. The number of ether oxygens (including phenoxy) is 4. The molecule has 0 aliphatic heterocycles. The highest BCUT2D eigenvalue weighted by atomic mass is 16.5. The van der Waals surface area contributed by atoms with E-state index in [0.717, 1.165) is 12.8 Å². The average Bonchev–Trinajstić information content (AvgIpc) is 3.04. The Kier molecular flexibility index (Phi) is 63.8. The molecule has 0 aromatic rings. The summed E-state index contributed by atoms with van der Waals surface area (Å²) in [4.78, 5) is 43.1. The lowest BCUT2D eigenvalue weighted by molar-refractivity contribution is -0.150. The van der Waals surface area contributed by atoms with E-state index in [1.165, 1.54) is 0 Å². The molecule has 8 nitrogen and oxygen atoms in total. The van der Waals surface area contributed by atoms with Gasteiger partial charge in [-0.25, -0.2) is 9.59 Å². The maximum atomic E-state index is 11.1. The quantitative estimate of drug-likeness (QED) is 0.0863. The second kappa shape index (κ2) is 48.2. The fraction of sp³-hybridized carbons (Fsp3) is 0.700. The summed E-state index contributed by atoms with van der Waals surface area (Å²) in [5, 5.41) is 0. The Morgan fingerprint density at radius 3 is 0.812 bits per heavy atom. The summed E-state index contributed by atoms with van der Waals surface area (Å²) < 4.78 is 18.9. The van der Waals surface area contributed by atoms with Gasteiger partial charge in [-0.15, -0.1) is 0 Å². The number of rotatable bonds is 12. The van der Waals surface area contributed by atoms with Gasteiger partial charge in [0.15, 0.2) is 0 Å². The van der Waals surface area contributed by atoms with Gasteiger partial charge in [-0.3, -0.25) is 9.59 Å². The molecule has 0 aromatic carbocycles. The molecule has 4 unspecified atom stereocenters. The third-order valence-electron chi connectivity index (χ3n) is 6.23. The van der Waals surface area contributed by atoms with Crippen LogP contribution in [0.15, 0.2) is 48.6 Å². The van der Waals surface area contributed by atoms with Gasteiger partial charge in [0.2, 0.25) is 0 Å². The third kappa shape index (κ3) is 49.7. The van der Waals surface area contributed by atoms with Crippen molar-refractivity contribution in [2.75, 3.05) is 26.4 Å². The van der Waals surface area contributed by atoms with Gasteiger partial charge in [0.25, 0.3) is 0 Å². The lowest BCUT2D eigenvalue weighted by Crippen LogP contribution is -2.20. The number of carbonyl (C=O) groups excluding carboxylic acids is 4.